The maximum Gasteiger partial charge on any atom is 0.268 e. The first-order valence-electron chi connectivity index (χ1n) is 11.6. The Labute approximate surface area is 200 Å². The number of amides is 1. The number of pyridine rings is 1. The molecule has 1 atom stereocenters. The number of sulfonamides is 1. The van der Waals surface area contributed by atoms with Gasteiger partial charge in [-0.2, -0.15) is 5.10 Å². The third kappa shape index (κ3) is 4.09. The van der Waals surface area contributed by atoms with Crippen molar-refractivity contribution in [2.75, 3.05) is 11.4 Å². The summed E-state index contributed by atoms with van der Waals surface area (Å²) in [5.74, 6) is 0.793. The van der Waals surface area contributed by atoms with E-state index in [9.17, 15) is 13.2 Å². The summed E-state index contributed by atoms with van der Waals surface area (Å²) in [7, 11) is -3.67. The van der Waals surface area contributed by atoms with Gasteiger partial charge in [0.05, 0.1) is 16.5 Å². The van der Waals surface area contributed by atoms with Crippen LogP contribution in [0, 0.1) is 5.92 Å². The van der Waals surface area contributed by atoms with Crippen LogP contribution in [0.3, 0.4) is 0 Å². The molecule has 5 rings (SSSR count). The van der Waals surface area contributed by atoms with Crippen molar-refractivity contribution in [3.63, 3.8) is 0 Å². The fourth-order valence-electron chi connectivity index (χ4n) is 4.42. The lowest BCUT2D eigenvalue weighted by molar-refractivity contribution is 0.0981. The van der Waals surface area contributed by atoms with Crippen molar-refractivity contribution in [3.8, 4) is 17.1 Å². The van der Waals surface area contributed by atoms with Crippen LogP contribution in [0.15, 0.2) is 54.7 Å². The summed E-state index contributed by atoms with van der Waals surface area (Å²) in [5, 5.41) is 4.20. The van der Waals surface area contributed by atoms with Gasteiger partial charge in [-0.25, -0.2) is 22.8 Å². The van der Waals surface area contributed by atoms with Crippen molar-refractivity contribution in [1.29, 1.82) is 0 Å². The summed E-state index contributed by atoms with van der Waals surface area (Å²) in [4.78, 5) is 20.1. The van der Waals surface area contributed by atoms with Crippen LogP contribution < -0.4 is 9.62 Å². The van der Waals surface area contributed by atoms with E-state index >= 15 is 0 Å². The van der Waals surface area contributed by atoms with Crippen molar-refractivity contribution in [1.82, 2.24) is 19.5 Å². The molecule has 1 unspecified atom stereocenters. The molecule has 178 valence electrons. The summed E-state index contributed by atoms with van der Waals surface area (Å²) in [6.07, 6.45) is 3.97. The average Bonchev–Trinajstić information content (AvgIpc) is 3.51. The van der Waals surface area contributed by atoms with E-state index in [1.807, 2.05) is 42.6 Å². The Kier molecular flexibility index (Phi) is 5.47. The highest BCUT2D eigenvalue weighted by Gasteiger charge is 2.42. The van der Waals surface area contributed by atoms with Gasteiger partial charge >= 0.3 is 0 Å². The van der Waals surface area contributed by atoms with Gasteiger partial charge in [0.15, 0.2) is 5.82 Å². The fourth-order valence-corrected chi connectivity index (χ4v) is 5.71. The van der Waals surface area contributed by atoms with Crippen LogP contribution >= 0.6 is 0 Å². The molecule has 1 saturated carbocycles. The van der Waals surface area contributed by atoms with Gasteiger partial charge in [0, 0.05) is 23.8 Å². The van der Waals surface area contributed by atoms with Gasteiger partial charge in [0.2, 0.25) is 10.0 Å². The lowest BCUT2D eigenvalue weighted by Gasteiger charge is -2.36. The zero-order chi connectivity index (χ0) is 24.1. The lowest BCUT2D eigenvalue weighted by Crippen LogP contribution is -2.44. The van der Waals surface area contributed by atoms with E-state index in [0.717, 1.165) is 24.2 Å². The van der Waals surface area contributed by atoms with E-state index in [-0.39, 0.29) is 11.1 Å². The second-order valence-corrected chi connectivity index (χ2v) is 11.7. The second-order valence-electron chi connectivity index (χ2n) is 9.72. The number of hydrogen-bond acceptors (Lipinski definition) is 6. The number of nitrogens with one attached hydrogen (secondary N) is 1. The molecule has 2 aliphatic rings. The van der Waals surface area contributed by atoms with Gasteiger partial charge in [-0.1, -0.05) is 37.3 Å². The van der Waals surface area contributed by atoms with Gasteiger partial charge < -0.3 is 4.90 Å². The minimum absolute atomic E-state index is 0.241. The Balaban J connectivity index is 1.54. The molecule has 0 bridgehead atoms. The number of carbonyl (C=O) groups excluding carboxylic acids is 1. The van der Waals surface area contributed by atoms with Crippen LogP contribution in [0.1, 0.15) is 50.4 Å². The lowest BCUT2D eigenvalue weighted by atomic mass is 9.90. The standard InChI is InChI=1S/C25H29N5O3S/c1-17-13-15-29(25(17,2)3)23-20(24(31)28-34(32,33)19-9-10-19)11-12-22(26-23)30-16-14-21(27-30)18-7-5-4-6-8-18/h4-8,11-12,14,16-17,19H,9-10,13,15H2,1-3H3,(H,28,31). The molecule has 1 amide bonds. The summed E-state index contributed by atoms with van der Waals surface area (Å²) >= 11 is 0. The normalized spacial score (nSPS) is 19.9. The van der Waals surface area contributed by atoms with Gasteiger partial charge in [0.25, 0.3) is 5.91 Å². The summed E-state index contributed by atoms with van der Waals surface area (Å²) < 4.78 is 28.8. The molecule has 0 spiro atoms. The number of anilines is 1. The highest BCUT2D eigenvalue weighted by molar-refractivity contribution is 7.91. The first-order chi connectivity index (χ1) is 16.2. The summed E-state index contributed by atoms with van der Waals surface area (Å²) in [6.45, 7) is 7.17. The molecule has 9 heteroatoms. The average molecular weight is 480 g/mol. The van der Waals surface area contributed by atoms with E-state index in [4.69, 9.17) is 4.98 Å². The Bertz CT molecular complexity index is 1330. The summed E-state index contributed by atoms with van der Waals surface area (Å²) in [6, 6.07) is 15.1. The molecular formula is C25H29N5O3S. The molecule has 34 heavy (non-hydrogen) atoms. The SMILES string of the molecule is CC1CCN(c2nc(-n3ccc(-c4ccccc4)n3)ccc2C(=O)NS(=O)(=O)C2CC2)C1(C)C. The van der Waals surface area contributed by atoms with E-state index in [1.165, 1.54) is 0 Å². The predicted molar refractivity (Wildman–Crippen MR) is 131 cm³/mol. The number of carbonyl (C=O) groups is 1. The fraction of sp³-hybridized carbons (Fsp3) is 0.400. The van der Waals surface area contributed by atoms with Gasteiger partial charge in [-0.3, -0.25) is 4.79 Å². The quantitative estimate of drug-likeness (QED) is 0.578. The number of rotatable bonds is 6. The molecule has 2 aromatic heterocycles. The Morgan fingerprint density at radius 3 is 2.44 bits per heavy atom. The van der Waals surface area contributed by atoms with E-state index in [2.05, 4.69) is 35.5 Å². The van der Waals surface area contributed by atoms with Crippen molar-refractivity contribution >= 4 is 21.7 Å². The highest BCUT2D eigenvalue weighted by atomic mass is 32.2. The van der Waals surface area contributed by atoms with Crippen LogP contribution in [0.2, 0.25) is 0 Å². The minimum Gasteiger partial charge on any atom is -0.350 e. The molecule has 1 aliphatic carbocycles. The third-order valence-electron chi connectivity index (χ3n) is 7.14. The smallest absolute Gasteiger partial charge is 0.268 e. The zero-order valence-corrected chi connectivity index (χ0v) is 20.4. The molecule has 2 fully saturated rings. The maximum atomic E-state index is 13.1. The number of benzene rings is 1. The largest absolute Gasteiger partial charge is 0.350 e. The predicted octanol–water partition coefficient (Wildman–Crippen LogP) is 3.78. The molecule has 3 aromatic rings. The molecule has 1 saturated heterocycles. The molecule has 3 heterocycles. The van der Waals surface area contributed by atoms with Gasteiger partial charge in [-0.05, 0) is 57.2 Å². The molecule has 1 N–H and O–H groups in total. The van der Waals surface area contributed by atoms with E-state index in [1.54, 1.807) is 16.8 Å². The number of hydrogen-bond donors (Lipinski definition) is 1. The first kappa shape index (κ1) is 22.6. The molecule has 8 nitrogen and oxygen atoms in total. The van der Waals surface area contributed by atoms with Crippen molar-refractivity contribution < 1.29 is 13.2 Å². The Hall–Kier alpha value is -3.20. The van der Waals surface area contributed by atoms with E-state index < -0.39 is 21.2 Å². The molecule has 1 aliphatic heterocycles. The van der Waals surface area contributed by atoms with Gasteiger partial charge in [0.1, 0.15) is 5.82 Å². The molecule has 0 radical (unpaired) electrons. The zero-order valence-electron chi connectivity index (χ0n) is 19.6. The van der Waals surface area contributed by atoms with Crippen molar-refractivity contribution in [2.45, 2.75) is 50.8 Å². The highest BCUT2D eigenvalue weighted by Crippen LogP contribution is 2.39. The minimum atomic E-state index is -3.67. The Morgan fingerprint density at radius 1 is 1.06 bits per heavy atom. The molecular weight excluding hydrogens is 450 g/mol. The first-order valence-corrected chi connectivity index (χ1v) is 13.2. The summed E-state index contributed by atoms with van der Waals surface area (Å²) in [5.41, 5.74) is 1.83. The monoisotopic (exact) mass is 479 g/mol. The number of nitrogens with zero attached hydrogens (tertiary/aromatic N) is 4. The number of aromatic nitrogens is 3. The third-order valence-corrected chi connectivity index (χ3v) is 8.96. The van der Waals surface area contributed by atoms with Crippen molar-refractivity contribution in [2.24, 2.45) is 5.92 Å². The topological polar surface area (TPSA) is 97.2 Å². The maximum absolute atomic E-state index is 13.1. The van der Waals surface area contributed by atoms with Crippen LogP contribution in [0.25, 0.3) is 17.1 Å². The van der Waals surface area contributed by atoms with Gasteiger partial charge in [-0.15, -0.1) is 0 Å². The van der Waals surface area contributed by atoms with Crippen LogP contribution in [0.4, 0.5) is 5.82 Å². The second kappa shape index (κ2) is 8.23. The van der Waals surface area contributed by atoms with Crippen molar-refractivity contribution in [3.05, 3.63) is 60.3 Å². The van der Waals surface area contributed by atoms with Crippen LogP contribution in [0.5, 0.6) is 0 Å². The van der Waals surface area contributed by atoms with Crippen LogP contribution in [-0.2, 0) is 10.0 Å². The Morgan fingerprint density at radius 2 is 1.79 bits per heavy atom. The van der Waals surface area contributed by atoms with E-state index in [0.29, 0.717) is 30.4 Å². The molecule has 1 aromatic carbocycles. The van der Waals surface area contributed by atoms with Crippen LogP contribution in [-0.4, -0.2) is 46.4 Å².